The summed E-state index contributed by atoms with van der Waals surface area (Å²) in [5, 5.41) is 11.8. The van der Waals surface area contributed by atoms with Crippen LogP contribution in [0, 0.1) is 19.3 Å². The zero-order valence-corrected chi connectivity index (χ0v) is 11.9. The molecule has 0 spiro atoms. The lowest BCUT2D eigenvalue weighted by molar-refractivity contribution is -0.143. The molecule has 2 rings (SSSR count). The Bertz CT molecular complexity index is 538. The zero-order chi connectivity index (χ0) is 14.9. The van der Waals surface area contributed by atoms with Crippen LogP contribution in [-0.2, 0) is 4.79 Å². The van der Waals surface area contributed by atoms with Crippen molar-refractivity contribution >= 4 is 11.9 Å². The molecule has 1 amide bonds. The molecule has 5 nitrogen and oxygen atoms in total. The number of ether oxygens (including phenoxy) is 1. The molecule has 1 aromatic carbocycles. The monoisotopic (exact) mass is 277 g/mol. The number of carboxylic acids is 1. The van der Waals surface area contributed by atoms with E-state index >= 15 is 0 Å². The van der Waals surface area contributed by atoms with E-state index in [-0.39, 0.29) is 12.5 Å². The second-order valence-corrected chi connectivity index (χ2v) is 5.41. The summed E-state index contributed by atoms with van der Waals surface area (Å²) in [4.78, 5) is 23.2. The molecule has 1 aliphatic carbocycles. The quantitative estimate of drug-likeness (QED) is 0.862. The molecule has 1 aliphatic rings. The largest absolute Gasteiger partial charge is 0.496 e. The fourth-order valence-electron chi connectivity index (χ4n) is 2.37. The van der Waals surface area contributed by atoms with Gasteiger partial charge in [0, 0.05) is 12.1 Å². The number of methoxy groups -OCH3 is 1. The van der Waals surface area contributed by atoms with Gasteiger partial charge in [-0.2, -0.15) is 0 Å². The third kappa shape index (κ3) is 2.61. The van der Waals surface area contributed by atoms with Gasteiger partial charge in [0.05, 0.1) is 12.5 Å². The molecule has 0 unspecified atom stereocenters. The molecule has 2 N–H and O–H groups in total. The van der Waals surface area contributed by atoms with E-state index in [1.54, 1.807) is 19.2 Å². The van der Waals surface area contributed by atoms with E-state index in [0.29, 0.717) is 18.4 Å². The zero-order valence-electron chi connectivity index (χ0n) is 11.9. The van der Waals surface area contributed by atoms with E-state index in [2.05, 4.69) is 5.32 Å². The summed E-state index contributed by atoms with van der Waals surface area (Å²) in [6.07, 6.45) is 1.26. The van der Waals surface area contributed by atoms with Crippen molar-refractivity contribution in [2.75, 3.05) is 13.7 Å². The summed E-state index contributed by atoms with van der Waals surface area (Å²) >= 11 is 0. The van der Waals surface area contributed by atoms with Gasteiger partial charge in [0.25, 0.3) is 5.91 Å². The highest BCUT2D eigenvalue weighted by Crippen LogP contribution is 2.45. The number of carbonyl (C=O) groups is 2. The van der Waals surface area contributed by atoms with Crippen LogP contribution in [0.3, 0.4) is 0 Å². The Morgan fingerprint density at radius 2 is 1.85 bits per heavy atom. The van der Waals surface area contributed by atoms with Crippen LogP contribution < -0.4 is 10.1 Å². The van der Waals surface area contributed by atoms with Gasteiger partial charge in [-0.25, -0.2) is 0 Å². The highest BCUT2D eigenvalue weighted by atomic mass is 16.5. The predicted molar refractivity (Wildman–Crippen MR) is 74.1 cm³/mol. The van der Waals surface area contributed by atoms with Gasteiger partial charge < -0.3 is 15.2 Å². The number of carbonyl (C=O) groups excluding carboxylic acids is 1. The van der Waals surface area contributed by atoms with Gasteiger partial charge in [-0.3, -0.25) is 9.59 Å². The first-order chi connectivity index (χ1) is 9.39. The molecule has 0 bridgehead atoms. The molecule has 0 heterocycles. The molecule has 0 aliphatic heterocycles. The number of benzene rings is 1. The second kappa shape index (κ2) is 5.15. The molecular weight excluding hydrogens is 258 g/mol. The normalized spacial score (nSPS) is 15.6. The fraction of sp³-hybridized carbons (Fsp3) is 0.467. The maximum atomic E-state index is 12.1. The summed E-state index contributed by atoms with van der Waals surface area (Å²) in [6.45, 7) is 3.94. The van der Waals surface area contributed by atoms with Crippen LogP contribution in [0.15, 0.2) is 12.1 Å². The Balaban J connectivity index is 2.08. The molecule has 1 aromatic rings. The van der Waals surface area contributed by atoms with Crippen molar-refractivity contribution in [1.82, 2.24) is 5.32 Å². The third-order valence-electron chi connectivity index (χ3n) is 3.82. The number of aliphatic carboxylic acids is 1. The van der Waals surface area contributed by atoms with Crippen molar-refractivity contribution in [2.24, 2.45) is 5.41 Å². The number of hydrogen-bond acceptors (Lipinski definition) is 3. The van der Waals surface area contributed by atoms with Crippen molar-refractivity contribution in [2.45, 2.75) is 26.7 Å². The molecule has 108 valence electrons. The van der Waals surface area contributed by atoms with E-state index in [9.17, 15) is 9.59 Å². The minimum atomic E-state index is -0.833. The molecular formula is C15H19NO4. The van der Waals surface area contributed by atoms with Gasteiger partial charge in [0.15, 0.2) is 0 Å². The summed E-state index contributed by atoms with van der Waals surface area (Å²) < 4.78 is 5.26. The summed E-state index contributed by atoms with van der Waals surface area (Å²) in [5.74, 6) is -0.308. The second-order valence-electron chi connectivity index (χ2n) is 5.41. The van der Waals surface area contributed by atoms with E-state index in [1.807, 2.05) is 13.8 Å². The Hall–Kier alpha value is -2.04. The molecule has 0 atom stereocenters. The van der Waals surface area contributed by atoms with Gasteiger partial charge in [0.1, 0.15) is 5.75 Å². The minimum Gasteiger partial charge on any atom is -0.496 e. The van der Waals surface area contributed by atoms with Gasteiger partial charge in [-0.05, 0) is 49.9 Å². The average molecular weight is 277 g/mol. The van der Waals surface area contributed by atoms with Crippen molar-refractivity contribution in [3.8, 4) is 5.75 Å². The van der Waals surface area contributed by atoms with Crippen LogP contribution in [0.2, 0.25) is 0 Å². The Labute approximate surface area is 117 Å². The molecule has 0 saturated heterocycles. The van der Waals surface area contributed by atoms with Crippen molar-refractivity contribution in [3.05, 3.63) is 28.8 Å². The molecule has 0 radical (unpaired) electrons. The maximum Gasteiger partial charge on any atom is 0.311 e. The smallest absolute Gasteiger partial charge is 0.311 e. The van der Waals surface area contributed by atoms with E-state index in [1.165, 1.54) is 0 Å². The third-order valence-corrected chi connectivity index (χ3v) is 3.82. The Morgan fingerprint density at radius 3 is 2.25 bits per heavy atom. The first-order valence-electron chi connectivity index (χ1n) is 6.56. The number of carboxylic acid groups (broad SMARTS) is 1. The van der Waals surface area contributed by atoms with Gasteiger partial charge in [0.2, 0.25) is 0 Å². The van der Waals surface area contributed by atoms with Crippen molar-refractivity contribution in [1.29, 1.82) is 0 Å². The molecule has 20 heavy (non-hydrogen) atoms. The lowest BCUT2D eigenvalue weighted by atomic mass is 10.0. The minimum absolute atomic E-state index is 0.186. The van der Waals surface area contributed by atoms with Crippen LogP contribution in [0.5, 0.6) is 5.75 Å². The van der Waals surface area contributed by atoms with Gasteiger partial charge in [-0.15, -0.1) is 0 Å². The van der Waals surface area contributed by atoms with E-state index < -0.39 is 11.4 Å². The van der Waals surface area contributed by atoms with Crippen LogP contribution >= 0.6 is 0 Å². The first-order valence-corrected chi connectivity index (χ1v) is 6.56. The molecule has 1 fully saturated rings. The average Bonchev–Trinajstić information content (AvgIpc) is 3.16. The molecule has 1 saturated carbocycles. The number of amides is 1. The molecule has 0 aromatic heterocycles. The SMILES string of the molecule is COc1c(C)cc(C(=O)NCC2(C(=O)O)CC2)cc1C. The lowest BCUT2D eigenvalue weighted by Crippen LogP contribution is -2.34. The summed E-state index contributed by atoms with van der Waals surface area (Å²) in [5.41, 5.74) is 1.56. The van der Waals surface area contributed by atoms with Crippen LogP contribution in [0.1, 0.15) is 34.3 Å². The number of rotatable bonds is 5. The number of nitrogens with one attached hydrogen (secondary N) is 1. The van der Waals surface area contributed by atoms with Crippen LogP contribution in [0.4, 0.5) is 0 Å². The van der Waals surface area contributed by atoms with Gasteiger partial charge in [-0.1, -0.05) is 0 Å². The summed E-state index contributed by atoms with van der Waals surface area (Å²) in [7, 11) is 1.60. The van der Waals surface area contributed by atoms with Crippen molar-refractivity contribution < 1.29 is 19.4 Å². The van der Waals surface area contributed by atoms with Crippen LogP contribution in [-0.4, -0.2) is 30.6 Å². The Morgan fingerprint density at radius 1 is 1.30 bits per heavy atom. The van der Waals surface area contributed by atoms with Crippen molar-refractivity contribution in [3.63, 3.8) is 0 Å². The summed E-state index contributed by atoms with van der Waals surface area (Å²) in [6, 6.07) is 3.50. The number of hydrogen-bond donors (Lipinski definition) is 2. The molecule has 5 heteroatoms. The Kier molecular flexibility index (Phi) is 3.70. The van der Waals surface area contributed by atoms with Crippen LogP contribution in [0.25, 0.3) is 0 Å². The topological polar surface area (TPSA) is 75.6 Å². The highest BCUT2D eigenvalue weighted by molar-refractivity contribution is 5.95. The lowest BCUT2D eigenvalue weighted by Gasteiger charge is -2.13. The fourth-order valence-corrected chi connectivity index (χ4v) is 2.37. The highest BCUT2D eigenvalue weighted by Gasteiger charge is 2.50. The standard InChI is InChI=1S/C15H19NO4/c1-9-6-11(7-10(2)12(9)20-3)13(17)16-8-15(4-5-15)14(18)19/h6-7H,4-5,8H2,1-3H3,(H,16,17)(H,18,19). The van der Waals surface area contributed by atoms with E-state index in [0.717, 1.165) is 16.9 Å². The van der Waals surface area contributed by atoms with Gasteiger partial charge >= 0.3 is 5.97 Å². The predicted octanol–water partition coefficient (Wildman–Crippen LogP) is 1.91. The first kappa shape index (κ1) is 14.4. The maximum absolute atomic E-state index is 12.1. The number of aryl methyl sites for hydroxylation is 2. The van der Waals surface area contributed by atoms with E-state index in [4.69, 9.17) is 9.84 Å².